The zero-order valence-electron chi connectivity index (χ0n) is 10.6. The van der Waals surface area contributed by atoms with E-state index < -0.39 is 29.0 Å². The number of ether oxygens (including phenoxy) is 2. The van der Waals surface area contributed by atoms with Gasteiger partial charge >= 0.3 is 12.1 Å². The van der Waals surface area contributed by atoms with Crippen molar-refractivity contribution in [2.75, 3.05) is 13.2 Å². The number of rotatable bonds is 3. The number of carboxylic acid groups (broad SMARTS) is 1. The van der Waals surface area contributed by atoms with Crippen LogP contribution in [-0.4, -0.2) is 47.3 Å². The highest BCUT2D eigenvalue weighted by atomic mass is 16.6. The number of Topliss-reactive ketones (excluding diaryl/α,β-unsaturated/α-hetero) is 1. The summed E-state index contributed by atoms with van der Waals surface area (Å²) in [5, 5.41) is 11.1. The molecule has 1 saturated heterocycles. The lowest BCUT2D eigenvalue weighted by molar-refractivity contribution is -0.152. The zero-order valence-corrected chi connectivity index (χ0v) is 10.6. The molecular weight excluding hydrogens is 242 g/mol. The van der Waals surface area contributed by atoms with Crippen molar-refractivity contribution < 1.29 is 29.0 Å². The van der Waals surface area contributed by atoms with E-state index in [1.54, 1.807) is 20.8 Å². The number of ketones is 1. The topological polar surface area (TPSA) is 102 Å². The normalized spacial score (nSPS) is 23.5. The Morgan fingerprint density at radius 3 is 2.33 bits per heavy atom. The van der Waals surface area contributed by atoms with Crippen LogP contribution in [0.4, 0.5) is 4.79 Å². The van der Waals surface area contributed by atoms with Crippen molar-refractivity contribution in [2.24, 2.45) is 0 Å². The number of carboxylic acids is 1. The predicted molar refractivity (Wildman–Crippen MR) is 60.2 cm³/mol. The molecule has 1 atom stereocenters. The quantitative estimate of drug-likeness (QED) is 0.708. The maximum Gasteiger partial charge on any atom is 0.408 e. The molecule has 0 aromatic carbocycles. The molecule has 1 aliphatic rings. The molecule has 0 radical (unpaired) electrons. The molecule has 0 aromatic rings. The maximum atomic E-state index is 11.6. The molecule has 1 amide bonds. The van der Waals surface area contributed by atoms with Crippen molar-refractivity contribution in [1.82, 2.24) is 5.32 Å². The monoisotopic (exact) mass is 259 g/mol. The second-order valence-corrected chi connectivity index (χ2v) is 5.15. The van der Waals surface area contributed by atoms with E-state index in [1.807, 2.05) is 0 Å². The lowest BCUT2D eigenvalue weighted by Crippen LogP contribution is -2.58. The van der Waals surface area contributed by atoms with Crippen LogP contribution in [0.15, 0.2) is 0 Å². The molecule has 102 valence electrons. The standard InChI is InChI=1S/C11H17NO6/c1-10(2,3)18-9(16)12-11(4-5-17-6-11)7(13)8(14)15/h4-6H2,1-3H3,(H,12,16)(H,14,15). The third kappa shape index (κ3) is 3.43. The van der Waals surface area contributed by atoms with Crippen LogP contribution >= 0.6 is 0 Å². The number of carbonyl (C=O) groups excluding carboxylic acids is 2. The van der Waals surface area contributed by atoms with Gasteiger partial charge in [-0.1, -0.05) is 0 Å². The third-order valence-corrected chi connectivity index (χ3v) is 2.39. The van der Waals surface area contributed by atoms with Gasteiger partial charge in [-0.15, -0.1) is 0 Å². The highest BCUT2D eigenvalue weighted by Crippen LogP contribution is 2.21. The van der Waals surface area contributed by atoms with Gasteiger partial charge in [0.2, 0.25) is 0 Å². The summed E-state index contributed by atoms with van der Waals surface area (Å²) >= 11 is 0. The summed E-state index contributed by atoms with van der Waals surface area (Å²) in [6, 6.07) is 0. The number of amides is 1. The smallest absolute Gasteiger partial charge is 0.408 e. The van der Waals surface area contributed by atoms with Gasteiger partial charge < -0.3 is 19.9 Å². The van der Waals surface area contributed by atoms with Crippen LogP contribution in [-0.2, 0) is 19.1 Å². The molecule has 1 rings (SSSR count). The van der Waals surface area contributed by atoms with E-state index in [-0.39, 0.29) is 19.6 Å². The molecule has 1 unspecified atom stereocenters. The lowest BCUT2D eigenvalue weighted by Gasteiger charge is -2.27. The molecular formula is C11H17NO6. The number of aliphatic carboxylic acids is 1. The number of carbonyl (C=O) groups is 3. The van der Waals surface area contributed by atoms with E-state index >= 15 is 0 Å². The number of nitrogens with one attached hydrogen (secondary N) is 1. The third-order valence-electron chi connectivity index (χ3n) is 2.39. The fourth-order valence-electron chi connectivity index (χ4n) is 1.60. The van der Waals surface area contributed by atoms with Gasteiger partial charge in [0.25, 0.3) is 5.78 Å². The molecule has 0 saturated carbocycles. The van der Waals surface area contributed by atoms with E-state index in [1.165, 1.54) is 0 Å². The minimum Gasteiger partial charge on any atom is -0.475 e. The Morgan fingerprint density at radius 2 is 1.94 bits per heavy atom. The fraction of sp³-hybridized carbons (Fsp3) is 0.727. The molecule has 7 nitrogen and oxygen atoms in total. The predicted octanol–water partition coefficient (Wildman–Crippen LogP) is 0.324. The van der Waals surface area contributed by atoms with Crippen LogP contribution in [0.1, 0.15) is 27.2 Å². The van der Waals surface area contributed by atoms with Crippen molar-refractivity contribution in [2.45, 2.75) is 38.3 Å². The molecule has 18 heavy (non-hydrogen) atoms. The maximum absolute atomic E-state index is 11.6. The number of hydrogen-bond donors (Lipinski definition) is 2. The average Bonchev–Trinajstić information content (AvgIpc) is 2.62. The summed E-state index contributed by atoms with van der Waals surface area (Å²) < 4.78 is 10.0. The second kappa shape index (κ2) is 4.93. The van der Waals surface area contributed by atoms with E-state index in [9.17, 15) is 14.4 Å². The first kappa shape index (κ1) is 14.4. The molecule has 1 heterocycles. The summed E-state index contributed by atoms with van der Waals surface area (Å²) in [5.74, 6) is -2.69. The van der Waals surface area contributed by atoms with Crippen LogP contribution in [0.25, 0.3) is 0 Å². The summed E-state index contributed by atoms with van der Waals surface area (Å²) in [6.45, 7) is 5.07. The minimum absolute atomic E-state index is 0.122. The Bertz CT molecular complexity index is 364. The molecule has 1 aliphatic heterocycles. The number of alkyl carbamates (subject to hydrolysis) is 1. The van der Waals surface area contributed by atoms with E-state index in [0.29, 0.717) is 0 Å². The Hall–Kier alpha value is -1.63. The molecule has 0 bridgehead atoms. The van der Waals surface area contributed by atoms with Gasteiger partial charge in [0.1, 0.15) is 11.1 Å². The second-order valence-electron chi connectivity index (χ2n) is 5.15. The minimum atomic E-state index is -1.60. The first-order chi connectivity index (χ1) is 8.16. The molecule has 0 spiro atoms. The Morgan fingerprint density at radius 1 is 1.33 bits per heavy atom. The van der Waals surface area contributed by atoms with Gasteiger partial charge in [-0.25, -0.2) is 9.59 Å². The molecule has 2 N–H and O–H groups in total. The first-order valence-corrected chi connectivity index (χ1v) is 5.53. The van der Waals surface area contributed by atoms with Crippen molar-refractivity contribution in [3.8, 4) is 0 Å². The van der Waals surface area contributed by atoms with Crippen molar-refractivity contribution in [1.29, 1.82) is 0 Å². The highest BCUT2D eigenvalue weighted by molar-refractivity contribution is 6.36. The SMILES string of the molecule is CC(C)(C)OC(=O)NC1(C(=O)C(=O)O)CCOC1. The van der Waals surface area contributed by atoms with E-state index in [0.717, 1.165) is 0 Å². The van der Waals surface area contributed by atoms with Crippen molar-refractivity contribution >= 4 is 17.8 Å². The van der Waals surface area contributed by atoms with Crippen LogP contribution in [0.2, 0.25) is 0 Å². The molecule has 0 aliphatic carbocycles. The van der Waals surface area contributed by atoms with Crippen LogP contribution in [0.5, 0.6) is 0 Å². The largest absolute Gasteiger partial charge is 0.475 e. The van der Waals surface area contributed by atoms with Crippen LogP contribution < -0.4 is 5.32 Å². The Balaban J connectivity index is 2.78. The molecule has 0 aromatic heterocycles. The molecule has 1 fully saturated rings. The Labute approximate surface area is 104 Å². The molecule has 7 heteroatoms. The van der Waals surface area contributed by atoms with Gasteiger partial charge in [0.15, 0.2) is 0 Å². The summed E-state index contributed by atoms with van der Waals surface area (Å²) in [7, 11) is 0. The highest BCUT2D eigenvalue weighted by Gasteiger charge is 2.47. The van der Waals surface area contributed by atoms with Gasteiger partial charge in [-0.05, 0) is 20.8 Å². The van der Waals surface area contributed by atoms with Crippen LogP contribution in [0, 0.1) is 0 Å². The van der Waals surface area contributed by atoms with Crippen molar-refractivity contribution in [3.63, 3.8) is 0 Å². The lowest BCUT2D eigenvalue weighted by atomic mass is 9.93. The summed E-state index contributed by atoms with van der Waals surface area (Å²) in [5.41, 5.74) is -2.24. The van der Waals surface area contributed by atoms with E-state index in [4.69, 9.17) is 14.6 Å². The zero-order chi connectivity index (χ0) is 14.0. The summed E-state index contributed by atoms with van der Waals surface area (Å²) in [4.78, 5) is 34.0. The Kier molecular flexibility index (Phi) is 3.95. The van der Waals surface area contributed by atoms with E-state index in [2.05, 4.69) is 5.32 Å². The average molecular weight is 259 g/mol. The fourth-order valence-corrected chi connectivity index (χ4v) is 1.60. The van der Waals surface area contributed by atoms with Crippen molar-refractivity contribution in [3.05, 3.63) is 0 Å². The van der Waals surface area contributed by atoms with Gasteiger partial charge in [0, 0.05) is 13.0 Å². The van der Waals surface area contributed by atoms with Gasteiger partial charge in [0.05, 0.1) is 6.61 Å². The van der Waals surface area contributed by atoms with Gasteiger partial charge in [-0.2, -0.15) is 0 Å². The summed E-state index contributed by atoms with van der Waals surface area (Å²) in [6.07, 6.45) is -0.709. The van der Waals surface area contributed by atoms with Crippen LogP contribution in [0.3, 0.4) is 0 Å². The first-order valence-electron chi connectivity index (χ1n) is 5.53. The van der Waals surface area contributed by atoms with Gasteiger partial charge in [-0.3, -0.25) is 4.79 Å². The number of hydrogen-bond acceptors (Lipinski definition) is 5.